The van der Waals surface area contributed by atoms with Gasteiger partial charge in [0.15, 0.2) is 0 Å². The summed E-state index contributed by atoms with van der Waals surface area (Å²) in [5.74, 6) is -0.927. The van der Waals surface area contributed by atoms with Crippen LogP contribution in [0.4, 0.5) is 5.69 Å². The summed E-state index contributed by atoms with van der Waals surface area (Å²) in [7, 11) is 0. The van der Waals surface area contributed by atoms with Gasteiger partial charge in [-0.2, -0.15) is 0 Å². The molecule has 0 radical (unpaired) electrons. The molecule has 1 rings (SSSR count). The smallest absolute Gasteiger partial charge is 0.328 e. The molecule has 92 valence electrons. The summed E-state index contributed by atoms with van der Waals surface area (Å²) >= 11 is 0. The fourth-order valence-corrected chi connectivity index (χ4v) is 1.65. The van der Waals surface area contributed by atoms with Crippen molar-refractivity contribution in [3.05, 3.63) is 35.9 Å². The second kappa shape index (κ2) is 6.74. The molecule has 2 N–H and O–H groups in total. The average molecular weight is 233 g/mol. The molecule has 0 aliphatic rings. The van der Waals surface area contributed by atoms with Crippen LogP contribution >= 0.6 is 0 Å². The lowest BCUT2D eigenvalue weighted by atomic mass is 10.1. The van der Waals surface area contributed by atoms with Gasteiger partial charge in [0.2, 0.25) is 0 Å². The molecule has 1 aromatic carbocycles. The minimum absolute atomic E-state index is 0.459. The summed E-state index contributed by atoms with van der Waals surface area (Å²) in [6.45, 7) is 4.32. The van der Waals surface area contributed by atoms with Crippen molar-refractivity contribution in [3.63, 3.8) is 0 Å². The molecule has 0 spiro atoms. The molecule has 0 amide bonds. The topological polar surface area (TPSA) is 49.3 Å². The van der Waals surface area contributed by atoms with Crippen LogP contribution in [0.25, 0.3) is 6.08 Å². The van der Waals surface area contributed by atoms with E-state index in [0.717, 1.165) is 30.2 Å². The van der Waals surface area contributed by atoms with E-state index in [2.05, 4.69) is 19.2 Å². The first-order valence-electron chi connectivity index (χ1n) is 5.89. The Morgan fingerprint density at radius 3 is 2.59 bits per heavy atom. The quantitative estimate of drug-likeness (QED) is 0.740. The Kier molecular flexibility index (Phi) is 5.27. The van der Waals surface area contributed by atoms with Crippen molar-refractivity contribution in [2.75, 3.05) is 5.32 Å². The van der Waals surface area contributed by atoms with Gasteiger partial charge < -0.3 is 10.4 Å². The Bertz CT molecular complexity index is 382. The number of hydrogen-bond donors (Lipinski definition) is 2. The molecule has 0 aliphatic heterocycles. The third-order valence-electron chi connectivity index (χ3n) is 2.46. The van der Waals surface area contributed by atoms with E-state index in [1.165, 1.54) is 0 Å². The van der Waals surface area contributed by atoms with Gasteiger partial charge in [-0.3, -0.25) is 0 Å². The van der Waals surface area contributed by atoms with E-state index >= 15 is 0 Å². The zero-order valence-electron chi connectivity index (χ0n) is 10.3. The first-order chi connectivity index (χ1) is 8.11. The van der Waals surface area contributed by atoms with Crippen molar-refractivity contribution in [3.8, 4) is 0 Å². The van der Waals surface area contributed by atoms with E-state index in [9.17, 15) is 4.79 Å². The van der Waals surface area contributed by atoms with Crippen molar-refractivity contribution < 1.29 is 9.90 Å². The SMILES string of the molecule is CCCC(C)Nc1ccc(/C=C/C(=O)O)cc1. The molecule has 3 heteroatoms. The highest BCUT2D eigenvalue weighted by atomic mass is 16.4. The van der Waals surface area contributed by atoms with Gasteiger partial charge in [-0.1, -0.05) is 25.5 Å². The number of hydrogen-bond acceptors (Lipinski definition) is 2. The van der Waals surface area contributed by atoms with E-state index in [1.54, 1.807) is 6.08 Å². The minimum Gasteiger partial charge on any atom is -0.478 e. The maximum Gasteiger partial charge on any atom is 0.328 e. The van der Waals surface area contributed by atoms with Crippen LogP contribution in [0.3, 0.4) is 0 Å². The van der Waals surface area contributed by atoms with Crippen LogP contribution in [0.5, 0.6) is 0 Å². The Hall–Kier alpha value is -1.77. The zero-order valence-corrected chi connectivity index (χ0v) is 10.3. The molecular formula is C14H19NO2. The standard InChI is InChI=1S/C14H19NO2/c1-3-4-11(2)15-13-8-5-12(6-9-13)7-10-14(16)17/h5-11,15H,3-4H2,1-2H3,(H,16,17)/b10-7+. The molecule has 0 aliphatic carbocycles. The highest BCUT2D eigenvalue weighted by Gasteiger charge is 1.99. The van der Waals surface area contributed by atoms with Crippen LogP contribution in [0, 0.1) is 0 Å². The van der Waals surface area contributed by atoms with Crippen LogP contribution in [-0.2, 0) is 4.79 Å². The van der Waals surface area contributed by atoms with Crippen molar-refractivity contribution >= 4 is 17.7 Å². The van der Waals surface area contributed by atoms with Crippen molar-refractivity contribution in [1.82, 2.24) is 0 Å². The van der Waals surface area contributed by atoms with Crippen LogP contribution in [0.2, 0.25) is 0 Å². The Morgan fingerprint density at radius 1 is 1.41 bits per heavy atom. The number of aliphatic carboxylic acids is 1. The molecule has 0 bridgehead atoms. The molecule has 1 unspecified atom stereocenters. The highest BCUT2D eigenvalue weighted by molar-refractivity contribution is 5.85. The number of carboxylic acids is 1. The van der Waals surface area contributed by atoms with Gasteiger partial charge >= 0.3 is 5.97 Å². The van der Waals surface area contributed by atoms with E-state index < -0.39 is 5.97 Å². The van der Waals surface area contributed by atoms with E-state index in [1.807, 2.05) is 24.3 Å². The molecular weight excluding hydrogens is 214 g/mol. The number of carboxylic acid groups (broad SMARTS) is 1. The number of nitrogens with one attached hydrogen (secondary N) is 1. The van der Waals surface area contributed by atoms with Gasteiger partial charge in [-0.05, 0) is 37.1 Å². The monoisotopic (exact) mass is 233 g/mol. The summed E-state index contributed by atoms with van der Waals surface area (Å²) in [5, 5.41) is 11.9. The molecule has 0 aromatic heterocycles. The Balaban J connectivity index is 2.58. The van der Waals surface area contributed by atoms with Crippen molar-refractivity contribution in [2.24, 2.45) is 0 Å². The lowest BCUT2D eigenvalue weighted by Gasteiger charge is -2.14. The number of rotatable bonds is 6. The molecule has 1 aromatic rings. The van der Waals surface area contributed by atoms with Crippen LogP contribution in [-0.4, -0.2) is 17.1 Å². The normalized spacial score (nSPS) is 12.6. The molecule has 0 fully saturated rings. The van der Waals surface area contributed by atoms with Gasteiger partial charge in [0.1, 0.15) is 0 Å². The fourth-order valence-electron chi connectivity index (χ4n) is 1.65. The molecule has 1 atom stereocenters. The fraction of sp³-hybridized carbons (Fsp3) is 0.357. The molecule has 0 heterocycles. The number of carbonyl (C=O) groups is 1. The highest BCUT2D eigenvalue weighted by Crippen LogP contribution is 2.13. The molecule has 17 heavy (non-hydrogen) atoms. The second-order valence-corrected chi connectivity index (χ2v) is 4.13. The summed E-state index contributed by atoms with van der Waals surface area (Å²) in [6.07, 6.45) is 5.03. The van der Waals surface area contributed by atoms with Crippen LogP contribution in [0.1, 0.15) is 32.3 Å². The maximum absolute atomic E-state index is 10.4. The van der Waals surface area contributed by atoms with Crippen molar-refractivity contribution in [1.29, 1.82) is 0 Å². The summed E-state index contributed by atoms with van der Waals surface area (Å²) in [6, 6.07) is 8.20. The Labute approximate surface area is 102 Å². The lowest BCUT2D eigenvalue weighted by molar-refractivity contribution is -0.131. The maximum atomic E-state index is 10.4. The number of anilines is 1. The summed E-state index contributed by atoms with van der Waals surface area (Å²) in [4.78, 5) is 10.4. The van der Waals surface area contributed by atoms with Gasteiger partial charge in [-0.15, -0.1) is 0 Å². The summed E-state index contributed by atoms with van der Waals surface area (Å²) in [5.41, 5.74) is 1.96. The van der Waals surface area contributed by atoms with Crippen LogP contribution in [0.15, 0.2) is 30.3 Å². The lowest BCUT2D eigenvalue weighted by Crippen LogP contribution is -2.14. The molecule has 0 saturated heterocycles. The first-order valence-corrected chi connectivity index (χ1v) is 5.89. The molecule has 0 saturated carbocycles. The van der Waals surface area contributed by atoms with Crippen LogP contribution < -0.4 is 5.32 Å². The van der Waals surface area contributed by atoms with Gasteiger partial charge in [0.25, 0.3) is 0 Å². The van der Waals surface area contributed by atoms with E-state index in [-0.39, 0.29) is 0 Å². The second-order valence-electron chi connectivity index (χ2n) is 4.13. The predicted octanol–water partition coefficient (Wildman–Crippen LogP) is 3.38. The number of benzene rings is 1. The predicted molar refractivity (Wildman–Crippen MR) is 71.1 cm³/mol. The van der Waals surface area contributed by atoms with Gasteiger partial charge in [0, 0.05) is 17.8 Å². The zero-order chi connectivity index (χ0) is 12.7. The van der Waals surface area contributed by atoms with Crippen molar-refractivity contribution in [2.45, 2.75) is 32.7 Å². The van der Waals surface area contributed by atoms with E-state index in [0.29, 0.717) is 6.04 Å². The first kappa shape index (κ1) is 13.3. The van der Waals surface area contributed by atoms with Gasteiger partial charge in [-0.25, -0.2) is 4.79 Å². The third-order valence-corrected chi connectivity index (χ3v) is 2.46. The molecule has 3 nitrogen and oxygen atoms in total. The van der Waals surface area contributed by atoms with Gasteiger partial charge in [0.05, 0.1) is 0 Å². The third kappa shape index (κ3) is 5.20. The Morgan fingerprint density at radius 2 is 2.06 bits per heavy atom. The average Bonchev–Trinajstić information content (AvgIpc) is 2.28. The van der Waals surface area contributed by atoms with E-state index in [4.69, 9.17) is 5.11 Å². The summed E-state index contributed by atoms with van der Waals surface area (Å²) < 4.78 is 0. The minimum atomic E-state index is -0.927. The largest absolute Gasteiger partial charge is 0.478 e.